The molecule has 6 nitrogen and oxygen atoms in total. The molecule has 0 aliphatic carbocycles. The SMILES string of the molecule is CCn1ncc(N2CCCC(CC(=O)NCc3ccccc3F)C2)cc1=O. The van der Waals surface area contributed by atoms with Gasteiger partial charge < -0.3 is 10.2 Å². The Morgan fingerprint density at radius 1 is 1.37 bits per heavy atom. The average molecular weight is 372 g/mol. The maximum Gasteiger partial charge on any atom is 0.268 e. The van der Waals surface area contributed by atoms with Crippen molar-refractivity contribution in [2.75, 3.05) is 18.0 Å². The number of carbonyl (C=O) groups is 1. The Kier molecular flexibility index (Phi) is 6.21. The highest BCUT2D eigenvalue weighted by Gasteiger charge is 2.23. The predicted molar refractivity (Wildman–Crippen MR) is 102 cm³/mol. The van der Waals surface area contributed by atoms with Gasteiger partial charge >= 0.3 is 0 Å². The third kappa shape index (κ3) is 4.93. The van der Waals surface area contributed by atoms with Crippen molar-refractivity contribution in [3.63, 3.8) is 0 Å². The highest BCUT2D eigenvalue weighted by molar-refractivity contribution is 5.76. The molecule has 1 amide bonds. The van der Waals surface area contributed by atoms with Crippen molar-refractivity contribution in [2.45, 2.75) is 39.3 Å². The second-order valence-electron chi connectivity index (χ2n) is 6.89. The molecule has 7 heteroatoms. The molecule has 0 radical (unpaired) electrons. The van der Waals surface area contributed by atoms with Crippen LogP contribution in [0.15, 0.2) is 41.3 Å². The molecule has 1 saturated heterocycles. The Morgan fingerprint density at radius 2 is 2.19 bits per heavy atom. The standard InChI is InChI=1S/C20H25FN4O2/c1-2-25-20(27)11-17(13-23-25)24-9-5-6-15(14-24)10-19(26)22-12-16-7-3-4-8-18(16)21/h3-4,7-8,11,13,15H,2,5-6,9-10,12,14H2,1H3,(H,22,26). The van der Waals surface area contributed by atoms with Crippen LogP contribution in [-0.4, -0.2) is 28.8 Å². The smallest absolute Gasteiger partial charge is 0.268 e. The van der Waals surface area contributed by atoms with Gasteiger partial charge in [0, 0.05) is 44.2 Å². The van der Waals surface area contributed by atoms with E-state index in [1.165, 1.54) is 10.7 Å². The van der Waals surface area contributed by atoms with E-state index in [0.29, 0.717) is 25.1 Å². The van der Waals surface area contributed by atoms with Crippen LogP contribution in [0.1, 0.15) is 31.7 Å². The summed E-state index contributed by atoms with van der Waals surface area (Å²) in [6, 6.07) is 8.05. The number of aryl methyl sites for hydroxylation is 1. The summed E-state index contributed by atoms with van der Waals surface area (Å²) in [6.07, 6.45) is 4.03. The van der Waals surface area contributed by atoms with E-state index in [1.807, 2.05) is 6.92 Å². The molecule has 1 aliphatic heterocycles. The quantitative estimate of drug-likeness (QED) is 0.845. The van der Waals surface area contributed by atoms with Crippen molar-refractivity contribution >= 4 is 11.6 Å². The normalized spacial score (nSPS) is 17.0. The summed E-state index contributed by atoms with van der Waals surface area (Å²) in [4.78, 5) is 26.4. The molecule has 0 bridgehead atoms. The number of piperidine rings is 1. The summed E-state index contributed by atoms with van der Waals surface area (Å²) in [5.41, 5.74) is 1.18. The number of carbonyl (C=O) groups excluding carboxylic acids is 1. The Labute approximate surface area is 158 Å². The number of hydrogen-bond donors (Lipinski definition) is 1. The third-order valence-corrected chi connectivity index (χ3v) is 4.95. The van der Waals surface area contributed by atoms with Crippen molar-refractivity contribution in [1.29, 1.82) is 0 Å². The summed E-state index contributed by atoms with van der Waals surface area (Å²) in [7, 11) is 0. The van der Waals surface area contributed by atoms with Gasteiger partial charge in [-0.05, 0) is 31.7 Å². The first-order valence-corrected chi connectivity index (χ1v) is 9.39. The summed E-state index contributed by atoms with van der Waals surface area (Å²) >= 11 is 0. The van der Waals surface area contributed by atoms with Crippen LogP contribution in [0, 0.1) is 11.7 Å². The molecular formula is C20H25FN4O2. The second-order valence-corrected chi connectivity index (χ2v) is 6.89. The molecular weight excluding hydrogens is 347 g/mol. The zero-order chi connectivity index (χ0) is 19.2. The van der Waals surface area contributed by atoms with Crippen molar-refractivity contribution in [3.8, 4) is 0 Å². The Bertz CT molecular complexity index is 852. The minimum absolute atomic E-state index is 0.0790. The molecule has 2 aromatic rings. The fraction of sp³-hybridized carbons (Fsp3) is 0.450. The van der Waals surface area contributed by atoms with Gasteiger partial charge in [-0.2, -0.15) is 5.10 Å². The zero-order valence-electron chi connectivity index (χ0n) is 15.5. The van der Waals surface area contributed by atoms with Crippen LogP contribution in [0.25, 0.3) is 0 Å². The van der Waals surface area contributed by atoms with Gasteiger partial charge in [0.15, 0.2) is 0 Å². The first kappa shape index (κ1) is 19.1. The number of benzene rings is 1. The van der Waals surface area contributed by atoms with Crippen LogP contribution in [-0.2, 0) is 17.9 Å². The molecule has 1 unspecified atom stereocenters. The number of aromatic nitrogens is 2. The van der Waals surface area contributed by atoms with Crippen LogP contribution >= 0.6 is 0 Å². The lowest BCUT2D eigenvalue weighted by atomic mass is 9.94. The largest absolute Gasteiger partial charge is 0.370 e. The molecule has 1 N–H and O–H groups in total. The monoisotopic (exact) mass is 372 g/mol. The second kappa shape index (κ2) is 8.79. The lowest BCUT2D eigenvalue weighted by Crippen LogP contribution is -2.38. The van der Waals surface area contributed by atoms with Crippen LogP contribution in [0.5, 0.6) is 0 Å². The molecule has 27 heavy (non-hydrogen) atoms. The van der Waals surface area contributed by atoms with E-state index in [9.17, 15) is 14.0 Å². The van der Waals surface area contributed by atoms with E-state index in [0.717, 1.165) is 25.1 Å². The van der Waals surface area contributed by atoms with Crippen molar-refractivity contribution < 1.29 is 9.18 Å². The topological polar surface area (TPSA) is 67.2 Å². The first-order chi connectivity index (χ1) is 13.1. The van der Waals surface area contributed by atoms with Gasteiger partial charge in [-0.15, -0.1) is 0 Å². The van der Waals surface area contributed by atoms with E-state index >= 15 is 0 Å². The molecule has 2 heterocycles. The highest BCUT2D eigenvalue weighted by Crippen LogP contribution is 2.23. The molecule has 1 aromatic carbocycles. The average Bonchev–Trinajstić information content (AvgIpc) is 2.67. The van der Waals surface area contributed by atoms with Gasteiger partial charge in [0.1, 0.15) is 5.82 Å². The number of nitrogens with one attached hydrogen (secondary N) is 1. The maximum absolute atomic E-state index is 13.6. The van der Waals surface area contributed by atoms with Gasteiger partial charge in [0.2, 0.25) is 5.91 Å². The molecule has 1 atom stereocenters. The fourth-order valence-electron chi connectivity index (χ4n) is 3.47. The van der Waals surface area contributed by atoms with Crippen LogP contribution in [0.4, 0.5) is 10.1 Å². The summed E-state index contributed by atoms with van der Waals surface area (Å²) in [6.45, 7) is 4.19. The lowest BCUT2D eigenvalue weighted by molar-refractivity contribution is -0.122. The number of rotatable bonds is 6. The van der Waals surface area contributed by atoms with Crippen LogP contribution in [0.3, 0.4) is 0 Å². The van der Waals surface area contributed by atoms with Crippen LogP contribution in [0.2, 0.25) is 0 Å². The van der Waals surface area contributed by atoms with Crippen molar-refractivity contribution in [3.05, 3.63) is 58.3 Å². The molecule has 3 rings (SSSR count). The molecule has 144 valence electrons. The third-order valence-electron chi connectivity index (χ3n) is 4.95. The summed E-state index contributed by atoms with van der Waals surface area (Å²) < 4.78 is 15.1. The van der Waals surface area contributed by atoms with Crippen molar-refractivity contribution in [1.82, 2.24) is 15.1 Å². The first-order valence-electron chi connectivity index (χ1n) is 9.39. The van der Waals surface area contributed by atoms with Gasteiger partial charge in [0.25, 0.3) is 5.56 Å². The Balaban J connectivity index is 1.55. The molecule has 0 spiro atoms. The summed E-state index contributed by atoms with van der Waals surface area (Å²) in [5.74, 6) is -0.187. The number of nitrogens with zero attached hydrogens (tertiary/aromatic N) is 3. The highest BCUT2D eigenvalue weighted by atomic mass is 19.1. The minimum Gasteiger partial charge on any atom is -0.370 e. The Morgan fingerprint density at radius 3 is 2.93 bits per heavy atom. The number of hydrogen-bond acceptors (Lipinski definition) is 4. The number of amides is 1. The lowest BCUT2D eigenvalue weighted by Gasteiger charge is -2.34. The molecule has 1 aliphatic rings. The van der Waals surface area contributed by atoms with E-state index in [1.54, 1.807) is 30.5 Å². The molecule has 1 fully saturated rings. The maximum atomic E-state index is 13.6. The number of halogens is 1. The zero-order valence-corrected chi connectivity index (χ0v) is 15.5. The van der Waals surface area contributed by atoms with Gasteiger partial charge in [-0.1, -0.05) is 18.2 Å². The molecule has 1 aromatic heterocycles. The summed E-state index contributed by atoms with van der Waals surface area (Å²) in [5, 5.41) is 6.98. The van der Waals surface area contributed by atoms with E-state index in [2.05, 4.69) is 15.3 Å². The minimum atomic E-state index is -0.309. The van der Waals surface area contributed by atoms with Crippen molar-refractivity contribution in [2.24, 2.45) is 5.92 Å². The van der Waals surface area contributed by atoms with E-state index in [4.69, 9.17) is 0 Å². The van der Waals surface area contributed by atoms with E-state index in [-0.39, 0.29) is 29.7 Å². The van der Waals surface area contributed by atoms with Gasteiger partial charge in [-0.25, -0.2) is 9.07 Å². The van der Waals surface area contributed by atoms with Gasteiger partial charge in [0.05, 0.1) is 11.9 Å². The molecule has 0 saturated carbocycles. The number of anilines is 1. The van der Waals surface area contributed by atoms with Crippen LogP contribution < -0.4 is 15.8 Å². The predicted octanol–water partition coefficient (Wildman–Crippen LogP) is 2.33. The van der Waals surface area contributed by atoms with E-state index < -0.39 is 0 Å². The Hall–Kier alpha value is -2.70. The fourth-order valence-corrected chi connectivity index (χ4v) is 3.47. The van der Waals surface area contributed by atoms with Gasteiger partial charge in [-0.3, -0.25) is 9.59 Å².